The summed E-state index contributed by atoms with van der Waals surface area (Å²) in [6.07, 6.45) is 1.83. The smallest absolute Gasteiger partial charge is 0.320 e. The molecule has 2 heterocycles. The third-order valence-corrected chi connectivity index (χ3v) is 3.57. The Hall–Kier alpha value is -2.89. The van der Waals surface area contributed by atoms with Crippen LogP contribution >= 0.6 is 0 Å². The second kappa shape index (κ2) is 6.91. The Bertz CT molecular complexity index is 797. The van der Waals surface area contributed by atoms with Crippen LogP contribution < -0.4 is 10.6 Å². The number of nitrogens with zero attached hydrogens (tertiary/aromatic N) is 2. The summed E-state index contributed by atoms with van der Waals surface area (Å²) >= 11 is 0. The van der Waals surface area contributed by atoms with E-state index in [0.717, 1.165) is 23.9 Å². The van der Waals surface area contributed by atoms with Crippen molar-refractivity contribution in [3.8, 4) is 0 Å². The van der Waals surface area contributed by atoms with Gasteiger partial charge in [-0.1, -0.05) is 30.3 Å². The zero-order valence-corrected chi connectivity index (χ0v) is 13.0. The highest BCUT2D eigenvalue weighted by molar-refractivity contribution is 5.97. The number of aromatic nitrogens is 3. The van der Waals surface area contributed by atoms with Crippen molar-refractivity contribution in [3.05, 3.63) is 53.7 Å². The molecule has 6 heteroatoms. The molecule has 0 aliphatic rings. The molecule has 6 nitrogen and oxygen atoms in total. The fraction of sp³-hybridized carbons (Fsp3) is 0.235. The molecule has 0 radical (unpaired) electrons. The van der Waals surface area contributed by atoms with Crippen LogP contribution in [0.15, 0.2) is 42.5 Å². The molecule has 2 aromatic heterocycles. The Balaban J connectivity index is 1.49. The first-order valence-electron chi connectivity index (χ1n) is 7.63. The Kier molecular flexibility index (Phi) is 4.52. The van der Waals surface area contributed by atoms with Crippen molar-refractivity contribution in [2.24, 2.45) is 0 Å². The van der Waals surface area contributed by atoms with Crippen LogP contribution in [0.3, 0.4) is 0 Å². The molecule has 0 aliphatic heterocycles. The molecule has 1 aromatic carbocycles. The van der Waals surface area contributed by atoms with Crippen molar-refractivity contribution in [3.63, 3.8) is 0 Å². The number of hydrogen-bond acceptors (Lipinski definition) is 3. The van der Waals surface area contributed by atoms with Crippen molar-refractivity contribution >= 4 is 22.9 Å². The van der Waals surface area contributed by atoms with Crippen LogP contribution in [0.25, 0.3) is 11.0 Å². The van der Waals surface area contributed by atoms with Gasteiger partial charge < -0.3 is 5.32 Å². The summed E-state index contributed by atoms with van der Waals surface area (Å²) in [5.41, 5.74) is 2.84. The lowest BCUT2D eigenvalue weighted by Crippen LogP contribution is -2.30. The normalized spacial score (nSPS) is 10.7. The predicted molar refractivity (Wildman–Crippen MR) is 90.4 cm³/mol. The zero-order chi connectivity index (χ0) is 16.1. The van der Waals surface area contributed by atoms with E-state index in [9.17, 15) is 4.79 Å². The molecule has 23 heavy (non-hydrogen) atoms. The van der Waals surface area contributed by atoms with E-state index in [1.165, 1.54) is 5.56 Å². The molecule has 2 amide bonds. The zero-order valence-electron chi connectivity index (χ0n) is 13.0. The van der Waals surface area contributed by atoms with Crippen LogP contribution in [-0.2, 0) is 6.42 Å². The number of aryl methyl sites for hydroxylation is 2. The summed E-state index contributed by atoms with van der Waals surface area (Å²) < 4.78 is 0. The van der Waals surface area contributed by atoms with Gasteiger partial charge in [-0.3, -0.25) is 10.4 Å². The largest absolute Gasteiger partial charge is 0.338 e. The van der Waals surface area contributed by atoms with E-state index in [4.69, 9.17) is 0 Å². The van der Waals surface area contributed by atoms with Crippen LogP contribution in [0.2, 0.25) is 0 Å². The molecule has 3 rings (SSSR count). The average Bonchev–Trinajstić information content (AvgIpc) is 2.94. The second-order valence-corrected chi connectivity index (χ2v) is 5.39. The minimum atomic E-state index is -0.257. The van der Waals surface area contributed by atoms with Crippen LogP contribution in [0.4, 0.5) is 10.6 Å². The van der Waals surface area contributed by atoms with Crippen LogP contribution in [-0.4, -0.2) is 27.8 Å². The summed E-state index contributed by atoms with van der Waals surface area (Å²) in [6.45, 7) is 2.52. The number of nitrogens with one attached hydrogen (secondary N) is 3. The number of H-pyrrole nitrogens is 1. The van der Waals surface area contributed by atoms with Crippen molar-refractivity contribution in [1.82, 2.24) is 20.5 Å². The number of carbonyl (C=O) groups excluding carboxylic acids is 1. The molecule has 0 saturated heterocycles. The number of rotatable bonds is 5. The third kappa shape index (κ3) is 3.85. The predicted octanol–water partition coefficient (Wildman–Crippen LogP) is 3.02. The van der Waals surface area contributed by atoms with Gasteiger partial charge in [0.05, 0.1) is 5.39 Å². The average molecular weight is 309 g/mol. The third-order valence-electron chi connectivity index (χ3n) is 3.57. The first-order valence-corrected chi connectivity index (χ1v) is 7.63. The van der Waals surface area contributed by atoms with E-state index in [1.54, 1.807) is 0 Å². The van der Waals surface area contributed by atoms with Gasteiger partial charge >= 0.3 is 6.03 Å². The lowest BCUT2D eigenvalue weighted by Gasteiger charge is -2.06. The SMILES string of the molecule is Cc1ccc2c(NC(=O)NCCCc3ccccc3)n[nH]c2n1. The summed E-state index contributed by atoms with van der Waals surface area (Å²) in [4.78, 5) is 16.3. The fourth-order valence-electron chi connectivity index (χ4n) is 2.39. The maximum Gasteiger partial charge on any atom is 0.320 e. The second-order valence-electron chi connectivity index (χ2n) is 5.39. The molecule has 0 unspecified atom stereocenters. The van der Waals surface area contributed by atoms with Crippen molar-refractivity contribution in [2.45, 2.75) is 19.8 Å². The molecule has 0 atom stereocenters. The maximum absolute atomic E-state index is 11.9. The molecular weight excluding hydrogens is 290 g/mol. The summed E-state index contributed by atoms with van der Waals surface area (Å²) in [5.74, 6) is 0.494. The highest BCUT2D eigenvalue weighted by atomic mass is 16.2. The van der Waals surface area contributed by atoms with Gasteiger partial charge in [0.2, 0.25) is 0 Å². The van der Waals surface area contributed by atoms with Crippen LogP contribution in [0, 0.1) is 6.92 Å². The summed E-state index contributed by atoms with van der Waals surface area (Å²) in [5, 5.41) is 13.3. The van der Waals surface area contributed by atoms with Gasteiger partial charge in [0.15, 0.2) is 11.5 Å². The lowest BCUT2D eigenvalue weighted by atomic mass is 10.1. The van der Waals surface area contributed by atoms with E-state index >= 15 is 0 Å². The van der Waals surface area contributed by atoms with E-state index in [2.05, 4.69) is 37.9 Å². The van der Waals surface area contributed by atoms with E-state index in [0.29, 0.717) is 18.0 Å². The number of amides is 2. The molecule has 0 bridgehead atoms. The van der Waals surface area contributed by atoms with Gasteiger partial charge in [0.25, 0.3) is 0 Å². The van der Waals surface area contributed by atoms with E-state index in [-0.39, 0.29) is 6.03 Å². The van der Waals surface area contributed by atoms with Gasteiger partial charge in [0.1, 0.15) is 0 Å². The van der Waals surface area contributed by atoms with Gasteiger partial charge in [0, 0.05) is 12.2 Å². The molecule has 0 fully saturated rings. The Morgan fingerprint density at radius 1 is 1.17 bits per heavy atom. The fourth-order valence-corrected chi connectivity index (χ4v) is 2.39. The Morgan fingerprint density at radius 2 is 2.00 bits per heavy atom. The van der Waals surface area contributed by atoms with Gasteiger partial charge in [-0.2, -0.15) is 5.10 Å². The van der Waals surface area contributed by atoms with Crippen molar-refractivity contribution < 1.29 is 4.79 Å². The van der Waals surface area contributed by atoms with Crippen LogP contribution in [0.1, 0.15) is 17.7 Å². The molecule has 0 aliphatic carbocycles. The molecule has 118 valence electrons. The topological polar surface area (TPSA) is 82.7 Å². The standard InChI is InChI=1S/C17H19N5O/c1-12-9-10-14-15(19-12)21-22-16(14)20-17(23)18-11-5-8-13-6-3-2-4-7-13/h2-4,6-7,9-10H,5,8,11H2,1H3,(H3,18,19,20,21,22,23). The monoisotopic (exact) mass is 309 g/mol. The highest BCUT2D eigenvalue weighted by Crippen LogP contribution is 2.18. The lowest BCUT2D eigenvalue weighted by molar-refractivity contribution is 0.252. The summed E-state index contributed by atoms with van der Waals surface area (Å²) in [7, 11) is 0. The van der Waals surface area contributed by atoms with Crippen molar-refractivity contribution in [2.75, 3.05) is 11.9 Å². The number of carbonyl (C=O) groups is 1. The minimum absolute atomic E-state index is 0.257. The molecule has 3 N–H and O–H groups in total. The number of hydrogen-bond donors (Lipinski definition) is 3. The molecule has 0 saturated carbocycles. The summed E-state index contributed by atoms with van der Waals surface area (Å²) in [6, 6.07) is 13.7. The number of fused-ring (bicyclic) bond motifs is 1. The first kappa shape index (κ1) is 15.0. The first-order chi connectivity index (χ1) is 11.2. The van der Waals surface area contributed by atoms with Gasteiger partial charge in [-0.25, -0.2) is 9.78 Å². The molecule has 0 spiro atoms. The number of aromatic amines is 1. The number of anilines is 1. The maximum atomic E-state index is 11.9. The minimum Gasteiger partial charge on any atom is -0.338 e. The number of urea groups is 1. The molecular formula is C17H19N5O. The van der Waals surface area contributed by atoms with Gasteiger partial charge in [-0.15, -0.1) is 0 Å². The van der Waals surface area contributed by atoms with Crippen LogP contribution in [0.5, 0.6) is 0 Å². The Labute approximate surface area is 134 Å². The molecule has 3 aromatic rings. The highest BCUT2D eigenvalue weighted by Gasteiger charge is 2.09. The van der Waals surface area contributed by atoms with Gasteiger partial charge in [-0.05, 0) is 37.5 Å². The Morgan fingerprint density at radius 3 is 2.83 bits per heavy atom. The van der Waals surface area contributed by atoms with E-state index < -0.39 is 0 Å². The van der Waals surface area contributed by atoms with E-state index in [1.807, 2.05) is 37.3 Å². The van der Waals surface area contributed by atoms with Crippen molar-refractivity contribution in [1.29, 1.82) is 0 Å². The number of pyridine rings is 1. The number of benzene rings is 1. The quantitative estimate of drug-likeness (QED) is 0.634.